The van der Waals surface area contributed by atoms with Crippen molar-refractivity contribution in [3.8, 4) is 0 Å². The fourth-order valence-electron chi connectivity index (χ4n) is 1.73. The number of urea groups is 1. The summed E-state index contributed by atoms with van der Waals surface area (Å²) in [7, 11) is 0. The van der Waals surface area contributed by atoms with E-state index in [9.17, 15) is 9.59 Å². The molecule has 2 rings (SSSR count). The average molecular weight is 204 g/mol. The Bertz CT molecular complexity index is 389. The molecule has 1 aliphatic rings. The number of rotatable bonds is 2. The number of carbonyl (C=O) groups is 2. The molecule has 0 aromatic heterocycles. The summed E-state index contributed by atoms with van der Waals surface area (Å²) >= 11 is 0. The van der Waals surface area contributed by atoms with Gasteiger partial charge in [0.2, 0.25) is 0 Å². The molecule has 2 unspecified atom stereocenters. The Kier molecular flexibility index (Phi) is 2.41. The van der Waals surface area contributed by atoms with Gasteiger partial charge in [0.1, 0.15) is 6.04 Å². The lowest BCUT2D eigenvalue weighted by Crippen LogP contribution is -2.34. The summed E-state index contributed by atoms with van der Waals surface area (Å²) in [4.78, 5) is 22.4. The number of amides is 3. The molecule has 0 bridgehead atoms. The van der Waals surface area contributed by atoms with Gasteiger partial charge in [-0.05, 0) is 5.56 Å². The van der Waals surface area contributed by atoms with Crippen LogP contribution in [0.2, 0.25) is 0 Å². The van der Waals surface area contributed by atoms with Crippen LogP contribution in [0, 0.1) is 0 Å². The monoisotopic (exact) mass is 204 g/mol. The molecule has 1 saturated heterocycles. The van der Waals surface area contributed by atoms with Crippen LogP contribution in [-0.4, -0.2) is 18.0 Å². The largest absolute Gasteiger partial charge is 0.325 e. The fourth-order valence-corrected chi connectivity index (χ4v) is 1.73. The molecule has 4 nitrogen and oxygen atoms in total. The Morgan fingerprint density at radius 3 is 2.40 bits per heavy atom. The van der Waals surface area contributed by atoms with Crippen LogP contribution in [0.15, 0.2) is 30.3 Å². The number of hydrogen-bond acceptors (Lipinski definition) is 2. The van der Waals surface area contributed by atoms with Crippen LogP contribution < -0.4 is 10.6 Å². The Balaban J connectivity index is 2.18. The molecule has 4 heteroatoms. The van der Waals surface area contributed by atoms with Crippen LogP contribution in [0.25, 0.3) is 0 Å². The van der Waals surface area contributed by atoms with Crippen LogP contribution in [0.4, 0.5) is 4.79 Å². The van der Waals surface area contributed by atoms with Crippen molar-refractivity contribution < 1.29 is 9.59 Å². The Morgan fingerprint density at radius 2 is 1.87 bits per heavy atom. The van der Waals surface area contributed by atoms with E-state index < -0.39 is 12.1 Å². The van der Waals surface area contributed by atoms with Crippen LogP contribution in [0.1, 0.15) is 18.4 Å². The second-order valence-corrected chi connectivity index (χ2v) is 3.64. The summed E-state index contributed by atoms with van der Waals surface area (Å²) in [5.74, 6) is -0.269. The lowest BCUT2D eigenvalue weighted by Gasteiger charge is -2.16. The summed E-state index contributed by atoms with van der Waals surface area (Å²) in [5.41, 5.74) is 1.04. The maximum atomic E-state index is 11.4. The zero-order valence-corrected chi connectivity index (χ0v) is 8.36. The summed E-state index contributed by atoms with van der Waals surface area (Å²) < 4.78 is 0. The SMILES string of the molecule is CC(c1ccccc1)C1NC(=O)NC1=O. The first-order chi connectivity index (χ1) is 7.18. The van der Waals surface area contributed by atoms with E-state index in [4.69, 9.17) is 0 Å². The molecule has 1 aromatic rings. The van der Waals surface area contributed by atoms with Gasteiger partial charge in [-0.15, -0.1) is 0 Å². The van der Waals surface area contributed by atoms with E-state index in [1.807, 2.05) is 37.3 Å². The maximum absolute atomic E-state index is 11.4. The van der Waals surface area contributed by atoms with Crippen molar-refractivity contribution in [2.75, 3.05) is 0 Å². The minimum atomic E-state index is -0.458. The predicted molar refractivity (Wildman–Crippen MR) is 55.3 cm³/mol. The first-order valence-corrected chi connectivity index (χ1v) is 4.85. The first kappa shape index (κ1) is 9.71. The number of carbonyl (C=O) groups excluding carboxylic acids is 2. The van der Waals surface area contributed by atoms with E-state index in [0.29, 0.717) is 0 Å². The molecule has 2 atom stereocenters. The third-order valence-corrected chi connectivity index (χ3v) is 2.63. The minimum Gasteiger partial charge on any atom is -0.325 e. The molecule has 0 spiro atoms. The maximum Gasteiger partial charge on any atom is 0.322 e. The summed E-state index contributed by atoms with van der Waals surface area (Å²) in [6, 6.07) is 8.78. The van der Waals surface area contributed by atoms with Gasteiger partial charge in [0.05, 0.1) is 0 Å². The molecule has 3 amide bonds. The van der Waals surface area contributed by atoms with Gasteiger partial charge in [-0.1, -0.05) is 37.3 Å². The lowest BCUT2D eigenvalue weighted by molar-refractivity contribution is -0.120. The Hall–Kier alpha value is -1.84. The number of hydrogen-bond donors (Lipinski definition) is 2. The van der Waals surface area contributed by atoms with E-state index in [0.717, 1.165) is 5.56 Å². The average Bonchev–Trinajstić information content (AvgIpc) is 2.58. The molecular weight excluding hydrogens is 192 g/mol. The second kappa shape index (κ2) is 3.73. The highest BCUT2D eigenvalue weighted by Crippen LogP contribution is 2.20. The van der Waals surface area contributed by atoms with E-state index in [1.54, 1.807) is 0 Å². The van der Waals surface area contributed by atoms with E-state index in [1.165, 1.54) is 0 Å². The predicted octanol–water partition coefficient (Wildman–Crippen LogP) is 0.998. The highest BCUT2D eigenvalue weighted by molar-refractivity contribution is 6.04. The summed E-state index contributed by atoms with van der Waals surface area (Å²) in [6.07, 6.45) is 0. The van der Waals surface area contributed by atoms with Crippen LogP contribution in [-0.2, 0) is 4.79 Å². The van der Waals surface area contributed by atoms with Gasteiger partial charge in [-0.2, -0.15) is 0 Å². The van der Waals surface area contributed by atoms with E-state index in [2.05, 4.69) is 10.6 Å². The Labute approximate surface area is 87.7 Å². The van der Waals surface area contributed by atoms with Gasteiger partial charge in [-0.3, -0.25) is 10.1 Å². The van der Waals surface area contributed by atoms with Gasteiger partial charge in [0, 0.05) is 5.92 Å². The zero-order valence-electron chi connectivity index (χ0n) is 8.36. The van der Waals surface area contributed by atoms with E-state index >= 15 is 0 Å². The molecule has 1 aromatic carbocycles. The molecular formula is C11H12N2O2. The molecule has 0 saturated carbocycles. The standard InChI is InChI=1S/C11H12N2O2/c1-7(8-5-3-2-4-6-8)9-10(14)13-11(15)12-9/h2-7,9H,1H3,(H2,12,13,14,15). The first-order valence-electron chi connectivity index (χ1n) is 4.85. The molecule has 0 radical (unpaired) electrons. The molecule has 0 aliphatic carbocycles. The van der Waals surface area contributed by atoms with Crippen molar-refractivity contribution in [3.63, 3.8) is 0 Å². The number of imide groups is 1. The van der Waals surface area contributed by atoms with Gasteiger partial charge in [0.25, 0.3) is 5.91 Å². The highest BCUT2D eigenvalue weighted by Gasteiger charge is 2.34. The zero-order chi connectivity index (χ0) is 10.8. The normalized spacial score (nSPS) is 22.1. The smallest absolute Gasteiger partial charge is 0.322 e. The van der Waals surface area contributed by atoms with Crippen molar-refractivity contribution in [1.29, 1.82) is 0 Å². The molecule has 15 heavy (non-hydrogen) atoms. The van der Waals surface area contributed by atoms with Crippen molar-refractivity contribution in [1.82, 2.24) is 10.6 Å². The lowest BCUT2D eigenvalue weighted by atomic mass is 9.93. The van der Waals surface area contributed by atoms with E-state index in [-0.39, 0.29) is 11.8 Å². The van der Waals surface area contributed by atoms with Crippen LogP contribution in [0.3, 0.4) is 0 Å². The molecule has 1 fully saturated rings. The second-order valence-electron chi connectivity index (χ2n) is 3.64. The quantitative estimate of drug-likeness (QED) is 0.706. The Morgan fingerprint density at radius 1 is 1.20 bits per heavy atom. The third-order valence-electron chi connectivity index (χ3n) is 2.63. The van der Waals surface area contributed by atoms with Gasteiger partial charge < -0.3 is 5.32 Å². The van der Waals surface area contributed by atoms with Crippen molar-refractivity contribution in [2.24, 2.45) is 0 Å². The molecule has 1 heterocycles. The van der Waals surface area contributed by atoms with Crippen molar-refractivity contribution in [3.05, 3.63) is 35.9 Å². The highest BCUT2D eigenvalue weighted by atomic mass is 16.2. The van der Waals surface area contributed by atoms with Gasteiger partial charge >= 0.3 is 6.03 Å². The van der Waals surface area contributed by atoms with Gasteiger partial charge in [-0.25, -0.2) is 4.79 Å². The topological polar surface area (TPSA) is 58.2 Å². The molecule has 2 N–H and O–H groups in total. The van der Waals surface area contributed by atoms with Crippen LogP contribution >= 0.6 is 0 Å². The molecule has 1 aliphatic heterocycles. The summed E-state index contributed by atoms with van der Waals surface area (Å²) in [5, 5.41) is 4.83. The van der Waals surface area contributed by atoms with Crippen molar-refractivity contribution >= 4 is 11.9 Å². The summed E-state index contributed by atoms with van der Waals surface area (Å²) in [6.45, 7) is 1.92. The van der Waals surface area contributed by atoms with Crippen molar-refractivity contribution in [2.45, 2.75) is 18.9 Å². The third kappa shape index (κ3) is 1.83. The molecule has 78 valence electrons. The number of benzene rings is 1. The van der Waals surface area contributed by atoms with Crippen LogP contribution in [0.5, 0.6) is 0 Å². The minimum absolute atomic E-state index is 0.0161. The number of nitrogens with one attached hydrogen (secondary N) is 2. The fraction of sp³-hybridized carbons (Fsp3) is 0.273. The van der Waals surface area contributed by atoms with Gasteiger partial charge in [0.15, 0.2) is 0 Å².